The molecule has 0 bridgehead atoms. The molecule has 2 unspecified atom stereocenters. The molecule has 19 heavy (non-hydrogen) atoms. The lowest BCUT2D eigenvalue weighted by Crippen LogP contribution is -2.31. The molecular weight excluding hydrogens is 262 g/mol. The number of nitrogens with one attached hydrogen (secondary N) is 1. The number of hydrogen-bond donors (Lipinski definition) is 2. The normalized spacial score (nSPS) is 23.9. The zero-order valence-electron chi connectivity index (χ0n) is 11.4. The molecule has 1 aliphatic rings. The van der Waals surface area contributed by atoms with Crippen molar-refractivity contribution in [1.29, 1.82) is 0 Å². The van der Waals surface area contributed by atoms with Crippen molar-refractivity contribution in [3.8, 4) is 5.75 Å². The number of rotatable bonds is 4. The van der Waals surface area contributed by atoms with Crippen molar-refractivity contribution in [3.05, 3.63) is 28.8 Å². The number of halogens is 1. The van der Waals surface area contributed by atoms with E-state index in [1.165, 1.54) is 6.42 Å². The Morgan fingerprint density at radius 1 is 1.32 bits per heavy atom. The second kappa shape index (κ2) is 7.13. The van der Waals surface area contributed by atoms with Crippen LogP contribution in [-0.2, 0) is 6.54 Å². The van der Waals surface area contributed by atoms with Gasteiger partial charge in [0.25, 0.3) is 0 Å². The average Bonchev–Trinajstić information content (AvgIpc) is 2.59. The van der Waals surface area contributed by atoms with Crippen LogP contribution in [0.4, 0.5) is 0 Å². The Balaban J connectivity index is 2.16. The van der Waals surface area contributed by atoms with Crippen molar-refractivity contribution in [3.63, 3.8) is 0 Å². The summed E-state index contributed by atoms with van der Waals surface area (Å²) in [6.45, 7) is 0.707. The predicted molar refractivity (Wildman–Crippen MR) is 77.7 cm³/mol. The molecule has 0 aliphatic heterocycles. The topological polar surface area (TPSA) is 41.5 Å². The minimum absolute atomic E-state index is 0.141. The first kappa shape index (κ1) is 14.6. The van der Waals surface area contributed by atoms with Gasteiger partial charge in [-0.05, 0) is 32.4 Å². The highest BCUT2D eigenvalue weighted by molar-refractivity contribution is 6.32. The van der Waals surface area contributed by atoms with Gasteiger partial charge in [-0.25, -0.2) is 0 Å². The standard InChI is InChI=1S/C15H22ClNO2/c1-17-10-11-6-5-7-12(16)15(11)19-14-9-4-2-3-8-13(14)18/h5-7,13-14,17-18H,2-4,8-10H2,1H3. The smallest absolute Gasteiger partial charge is 0.142 e. The maximum absolute atomic E-state index is 10.1. The number of hydrogen-bond acceptors (Lipinski definition) is 3. The van der Waals surface area contributed by atoms with E-state index in [1.807, 2.05) is 25.2 Å². The molecule has 2 atom stereocenters. The Hall–Kier alpha value is -0.770. The van der Waals surface area contributed by atoms with E-state index < -0.39 is 0 Å². The van der Waals surface area contributed by atoms with Gasteiger partial charge in [0.15, 0.2) is 0 Å². The van der Waals surface area contributed by atoms with Crippen molar-refractivity contribution in [1.82, 2.24) is 5.32 Å². The van der Waals surface area contributed by atoms with Crippen LogP contribution in [-0.4, -0.2) is 24.4 Å². The number of benzene rings is 1. The van der Waals surface area contributed by atoms with Gasteiger partial charge < -0.3 is 15.2 Å². The number of aliphatic hydroxyl groups excluding tert-OH is 1. The van der Waals surface area contributed by atoms with Crippen molar-refractivity contribution < 1.29 is 9.84 Å². The van der Waals surface area contributed by atoms with Crippen LogP contribution in [0.25, 0.3) is 0 Å². The molecule has 1 aliphatic carbocycles. The van der Waals surface area contributed by atoms with Crippen LogP contribution in [0.5, 0.6) is 5.75 Å². The summed E-state index contributed by atoms with van der Waals surface area (Å²) >= 11 is 6.24. The maximum Gasteiger partial charge on any atom is 0.142 e. The third-order valence-corrected chi connectivity index (χ3v) is 3.90. The molecule has 1 aromatic carbocycles. The Morgan fingerprint density at radius 3 is 2.89 bits per heavy atom. The van der Waals surface area contributed by atoms with Gasteiger partial charge in [0.05, 0.1) is 11.1 Å². The Morgan fingerprint density at radius 2 is 2.11 bits per heavy atom. The van der Waals surface area contributed by atoms with Crippen LogP contribution >= 0.6 is 11.6 Å². The number of aliphatic hydroxyl groups is 1. The fourth-order valence-corrected chi connectivity index (χ4v) is 2.80. The zero-order chi connectivity index (χ0) is 13.7. The highest BCUT2D eigenvalue weighted by Gasteiger charge is 2.24. The van der Waals surface area contributed by atoms with Gasteiger partial charge in [-0.1, -0.05) is 36.6 Å². The van der Waals surface area contributed by atoms with E-state index in [2.05, 4.69) is 5.32 Å². The van der Waals surface area contributed by atoms with Crippen LogP contribution < -0.4 is 10.1 Å². The van der Waals surface area contributed by atoms with E-state index >= 15 is 0 Å². The van der Waals surface area contributed by atoms with Gasteiger partial charge in [0.2, 0.25) is 0 Å². The van der Waals surface area contributed by atoms with Crippen molar-refractivity contribution in [2.24, 2.45) is 0 Å². The molecule has 0 amide bonds. The van der Waals surface area contributed by atoms with Crippen LogP contribution in [0.2, 0.25) is 5.02 Å². The first-order valence-electron chi connectivity index (χ1n) is 6.99. The first-order valence-corrected chi connectivity index (χ1v) is 7.37. The van der Waals surface area contributed by atoms with Crippen LogP contribution in [0.3, 0.4) is 0 Å². The van der Waals surface area contributed by atoms with Crippen molar-refractivity contribution in [2.45, 2.75) is 50.9 Å². The maximum atomic E-state index is 10.1. The lowest BCUT2D eigenvalue weighted by molar-refractivity contribution is 0.0314. The third-order valence-electron chi connectivity index (χ3n) is 3.60. The number of para-hydroxylation sites is 1. The summed E-state index contributed by atoms with van der Waals surface area (Å²) < 4.78 is 6.04. The van der Waals surface area contributed by atoms with E-state index in [0.717, 1.165) is 31.2 Å². The fourth-order valence-electron chi connectivity index (χ4n) is 2.56. The van der Waals surface area contributed by atoms with Crippen molar-refractivity contribution in [2.75, 3.05) is 7.05 Å². The summed E-state index contributed by atoms with van der Waals surface area (Å²) in [7, 11) is 1.89. The number of ether oxygens (including phenoxy) is 1. The Bertz CT molecular complexity index is 411. The molecule has 3 nitrogen and oxygen atoms in total. The van der Waals surface area contributed by atoms with Crippen LogP contribution in [0, 0.1) is 0 Å². The molecule has 2 N–H and O–H groups in total. The molecule has 0 spiro atoms. The van der Waals surface area contributed by atoms with Gasteiger partial charge in [-0.3, -0.25) is 0 Å². The van der Waals surface area contributed by atoms with Crippen LogP contribution in [0.15, 0.2) is 18.2 Å². The van der Waals surface area contributed by atoms with Gasteiger partial charge in [-0.15, -0.1) is 0 Å². The molecule has 0 heterocycles. The quantitative estimate of drug-likeness (QED) is 0.834. The summed E-state index contributed by atoms with van der Waals surface area (Å²) in [5.74, 6) is 0.712. The lowest BCUT2D eigenvalue weighted by atomic mass is 10.1. The Kier molecular flexibility index (Phi) is 5.49. The van der Waals surface area contributed by atoms with Gasteiger partial charge >= 0.3 is 0 Å². The first-order chi connectivity index (χ1) is 9.22. The van der Waals surface area contributed by atoms with Gasteiger partial charge in [0.1, 0.15) is 11.9 Å². The lowest BCUT2D eigenvalue weighted by Gasteiger charge is -2.24. The largest absolute Gasteiger partial charge is 0.486 e. The predicted octanol–water partition coefficient (Wildman–Crippen LogP) is 3.13. The zero-order valence-corrected chi connectivity index (χ0v) is 12.1. The van der Waals surface area contributed by atoms with Gasteiger partial charge in [-0.2, -0.15) is 0 Å². The SMILES string of the molecule is CNCc1cccc(Cl)c1OC1CCCCCC1O. The third kappa shape index (κ3) is 3.85. The molecule has 1 aromatic rings. The van der Waals surface area contributed by atoms with E-state index in [9.17, 15) is 5.11 Å². The summed E-state index contributed by atoms with van der Waals surface area (Å²) in [4.78, 5) is 0. The van der Waals surface area contributed by atoms with Crippen molar-refractivity contribution >= 4 is 11.6 Å². The second-order valence-electron chi connectivity index (χ2n) is 5.12. The molecule has 1 fully saturated rings. The minimum atomic E-state index is -0.388. The molecule has 1 saturated carbocycles. The molecule has 0 saturated heterocycles. The highest BCUT2D eigenvalue weighted by atomic mass is 35.5. The fraction of sp³-hybridized carbons (Fsp3) is 0.600. The van der Waals surface area contributed by atoms with E-state index in [1.54, 1.807) is 0 Å². The van der Waals surface area contributed by atoms with Crippen LogP contribution in [0.1, 0.15) is 37.7 Å². The summed E-state index contributed by atoms with van der Waals surface area (Å²) in [6, 6.07) is 5.76. The monoisotopic (exact) mass is 283 g/mol. The molecule has 0 radical (unpaired) electrons. The highest BCUT2D eigenvalue weighted by Crippen LogP contribution is 2.32. The Labute approximate surface area is 119 Å². The average molecular weight is 284 g/mol. The second-order valence-corrected chi connectivity index (χ2v) is 5.53. The summed E-state index contributed by atoms with van der Waals surface area (Å²) in [6.07, 6.45) is 4.53. The molecule has 4 heteroatoms. The molecular formula is C15H22ClNO2. The molecule has 0 aromatic heterocycles. The minimum Gasteiger partial charge on any atom is -0.486 e. The van der Waals surface area contributed by atoms with E-state index in [0.29, 0.717) is 17.3 Å². The van der Waals surface area contributed by atoms with E-state index in [4.69, 9.17) is 16.3 Å². The van der Waals surface area contributed by atoms with Gasteiger partial charge in [0, 0.05) is 12.1 Å². The molecule has 2 rings (SSSR count). The summed E-state index contributed by atoms with van der Waals surface area (Å²) in [5, 5.41) is 13.9. The summed E-state index contributed by atoms with van der Waals surface area (Å²) in [5.41, 5.74) is 1.03. The molecule has 106 valence electrons. The van der Waals surface area contributed by atoms with E-state index in [-0.39, 0.29) is 12.2 Å².